The molecule has 0 aromatic carbocycles. The van der Waals surface area contributed by atoms with Gasteiger partial charge >= 0.3 is 0 Å². The minimum absolute atomic E-state index is 0.0692. The Balaban J connectivity index is 2.43. The van der Waals surface area contributed by atoms with Gasteiger partial charge in [0.15, 0.2) is 0 Å². The molecule has 0 saturated carbocycles. The van der Waals surface area contributed by atoms with Gasteiger partial charge in [-0.3, -0.25) is 9.78 Å². The van der Waals surface area contributed by atoms with Crippen LogP contribution in [0.5, 0.6) is 0 Å². The van der Waals surface area contributed by atoms with Crippen molar-refractivity contribution >= 4 is 5.78 Å². The van der Waals surface area contributed by atoms with E-state index in [1.807, 2.05) is 24.5 Å². The van der Waals surface area contributed by atoms with Gasteiger partial charge < -0.3 is 5.32 Å². The molecule has 16 heavy (non-hydrogen) atoms. The normalized spacial score (nSPS) is 11.4. The highest BCUT2D eigenvalue weighted by atomic mass is 16.1. The summed E-state index contributed by atoms with van der Waals surface area (Å²) in [4.78, 5) is 14.8. The Labute approximate surface area is 97.3 Å². The molecule has 0 atom stereocenters. The minimum atomic E-state index is 0.0692. The van der Waals surface area contributed by atoms with E-state index in [2.05, 4.69) is 24.1 Å². The van der Waals surface area contributed by atoms with Gasteiger partial charge in [0.25, 0.3) is 0 Å². The average Bonchev–Trinajstić information content (AvgIpc) is 2.26. The zero-order valence-electron chi connectivity index (χ0n) is 10.3. The Morgan fingerprint density at radius 1 is 1.38 bits per heavy atom. The predicted molar refractivity (Wildman–Crippen MR) is 65.4 cm³/mol. The van der Waals surface area contributed by atoms with Crippen LogP contribution in [0.3, 0.4) is 0 Å². The van der Waals surface area contributed by atoms with E-state index in [1.54, 1.807) is 6.92 Å². The van der Waals surface area contributed by atoms with Gasteiger partial charge in [-0.05, 0) is 24.6 Å². The fourth-order valence-corrected chi connectivity index (χ4v) is 1.57. The first-order valence-electron chi connectivity index (χ1n) is 5.63. The average molecular weight is 220 g/mol. The van der Waals surface area contributed by atoms with E-state index in [9.17, 15) is 4.79 Å². The van der Waals surface area contributed by atoms with E-state index in [-0.39, 0.29) is 11.2 Å². The van der Waals surface area contributed by atoms with Crippen LogP contribution >= 0.6 is 0 Å². The molecule has 1 N–H and O–H groups in total. The molecule has 0 radical (unpaired) electrons. The first-order chi connectivity index (χ1) is 7.52. The van der Waals surface area contributed by atoms with Crippen LogP contribution in [-0.4, -0.2) is 23.9 Å². The lowest BCUT2D eigenvalue weighted by atomic mass is 9.85. The van der Waals surface area contributed by atoms with Crippen LogP contribution in [0.25, 0.3) is 0 Å². The number of carbonyl (C=O) groups excluding carboxylic acids is 1. The zero-order valence-corrected chi connectivity index (χ0v) is 10.3. The summed E-state index contributed by atoms with van der Waals surface area (Å²) in [6.07, 6.45) is 4.23. The van der Waals surface area contributed by atoms with Gasteiger partial charge in [-0.1, -0.05) is 13.8 Å². The largest absolute Gasteiger partial charge is 0.315 e. The summed E-state index contributed by atoms with van der Waals surface area (Å²) in [6.45, 7) is 7.61. The van der Waals surface area contributed by atoms with Gasteiger partial charge in [0, 0.05) is 37.3 Å². The molecule has 0 aliphatic rings. The van der Waals surface area contributed by atoms with Crippen LogP contribution in [0.2, 0.25) is 0 Å². The Hall–Kier alpha value is -1.22. The Morgan fingerprint density at radius 3 is 2.56 bits per heavy atom. The molecule has 3 heteroatoms. The van der Waals surface area contributed by atoms with Gasteiger partial charge in [-0.15, -0.1) is 0 Å². The quantitative estimate of drug-likeness (QED) is 0.745. The molecule has 0 aliphatic carbocycles. The lowest BCUT2D eigenvalue weighted by Gasteiger charge is -2.25. The van der Waals surface area contributed by atoms with Crippen molar-refractivity contribution in [2.75, 3.05) is 13.1 Å². The molecule has 0 saturated heterocycles. The van der Waals surface area contributed by atoms with Crippen molar-refractivity contribution in [2.24, 2.45) is 0 Å². The van der Waals surface area contributed by atoms with Crippen molar-refractivity contribution < 1.29 is 4.79 Å². The van der Waals surface area contributed by atoms with Crippen molar-refractivity contribution in [2.45, 2.75) is 32.6 Å². The first kappa shape index (κ1) is 12.8. The van der Waals surface area contributed by atoms with Crippen LogP contribution < -0.4 is 5.32 Å². The lowest BCUT2D eigenvalue weighted by Crippen LogP contribution is -2.33. The third kappa shape index (κ3) is 4.11. The third-order valence-electron chi connectivity index (χ3n) is 2.68. The maximum absolute atomic E-state index is 10.8. The Kier molecular flexibility index (Phi) is 4.62. The molecule has 0 aliphatic heterocycles. The molecule has 1 aromatic heterocycles. The molecule has 88 valence electrons. The third-order valence-corrected chi connectivity index (χ3v) is 2.68. The molecule has 1 heterocycles. The Bertz CT molecular complexity index is 333. The second-order valence-corrected chi connectivity index (χ2v) is 4.75. The molecular weight excluding hydrogens is 200 g/mol. The fraction of sp³-hybridized carbons (Fsp3) is 0.538. The molecule has 0 bridgehead atoms. The summed E-state index contributed by atoms with van der Waals surface area (Å²) < 4.78 is 0. The fourth-order valence-electron chi connectivity index (χ4n) is 1.57. The lowest BCUT2D eigenvalue weighted by molar-refractivity contribution is -0.116. The van der Waals surface area contributed by atoms with Crippen LogP contribution in [0.4, 0.5) is 0 Å². The number of nitrogens with zero attached hydrogens (tertiary/aromatic N) is 1. The summed E-state index contributed by atoms with van der Waals surface area (Å²) in [7, 11) is 0. The smallest absolute Gasteiger partial charge is 0.131 e. The number of rotatable bonds is 6. The molecule has 3 nitrogen and oxygen atoms in total. The van der Waals surface area contributed by atoms with Gasteiger partial charge in [0.05, 0.1) is 0 Å². The van der Waals surface area contributed by atoms with E-state index >= 15 is 0 Å². The van der Waals surface area contributed by atoms with E-state index in [1.165, 1.54) is 5.56 Å². The second-order valence-electron chi connectivity index (χ2n) is 4.75. The van der Waals surface area contributed by atoms with Crippen LogP contribution in [0, 0.1) is 0 Å². The van der Waals surface area contributed by atoms with E-state index < -0.39 is 0 Å². The molecule has 0 unspecified atom stereocenters. The van der Waals surface area contributed by atoms with E-state index in [0.29, 0.717) is 6.42 Å². The van der Waals surface area contributed by atoms with Crippen LogP contribution in [-0.2, 0) is 10.2 Å². The molecule has 0 amide bonds. The van der Waals surface area contributed by atoms with E-state index in [0.717, 1.165) is 13.1 Å². The maximum atomic E-state index is 10.8. The van der Waals surface area contributed by atoms with Crippen molar-refractivity contribution in [3.8, 4) is 0 Å². The number of hydrogen-bond acceptors (Lipinski definition) is 3. The maximum Gasteiger partial charge on any atom is 0.131 e. The summed E-state index contributed by atoms with van der Waals surface area (Å²) >= 11 is 0. The van der Waals surface area contributed by atoms with Crippen molar-refractivity contribution in [1.82, 2.24) is 10.3 Å². The monoisotopic (exact) mass is 220 g/mol. The highest BCUT2D eigenvalue weighted by Crippen LogP contribution is 2.20. The molecule has 1 aromatic rings. The predicted octanol–water partition coefficient (Wildman–Crippen LogP) is 1.93. The second kappa shape index (κ2) is 5.75. The van der Waals surface area contributed by atoms with Crippen LogP contribution in [0.1, 0.15) is 32.8 Å². The van der Waals surface area contributed by atoms with Crippen molar-refractivity contribution in [3.05, 3.63) is 30.1 Å². The minimum Gasteiger partial charge on any atom is -0.315 e. The molecule has 1 rings (SSSR count). The highest BCUT2D eigenvalue weighted by Gasteiger charge is 2.19. The highest BCUT2D eigenvalue weighted by molar-refractivity contribution is 5.75. The number of aromatic nitrogens is 1. The van der Waals surface area contributed by atoms with Gasteiger partial charge in [0.2, 0.25) is 0 Å². The van der Waals surface area contributed by atoms with Gasteiger partial charge in [0.1, 0.15) is 5.78 Å². The number of hydrogen-bond donors (Lipinski definition) is 1. The molecule has 0 spiro atoms. The summed E-state index contributed by atoms with van der Waals surface area (Å²) in [6, 6.07) is 4.07. The van der Waals surface area contributed by atoms with Gasteiger partial charge in [-0.2, -0.15) is 0 Å². The molecular formula is C13H20N2O. The number of pyridine rings is 1. The standard InChI is InChI=1S/C13H20N2O/c1-11(16)4-7-15-10-13(2,3)12-5-8-14-9-6-12/h5-6,8-9,15H,4,7,10H2,1-3H3. The van der Waals surface area contributed by atoms with Gasteiger partial charge in [-0.25, -0.2) is 0 Å². The topological polar surface area (TPSA) is 42.0 Å². The molecule has 0 fully saturated rings. The summed E-state index contributed by atoms with van der Waals surface area (Å²) in [5, 5.41) is 3.31. The van der Waals surface area contributed by atoms with E-state index in [4.69, 9.17) is 0 Å². The van der Waals surface area contributed by atoms with Crippen LogP contribution in [0.15, 0.2) is 24.5 Å². The Morgan fingerprint density at radius 2 is 2.00 bits per heavy atom. The summed E-state index contributed by atoms with van der Waals surface area (Å²) in [5.41, 5.74) is 1.33. The van der Waals surface area contributed by atoms with Crippen molar-refractivity contribution in [3.63, 3.8) is 0 Å². The number of nitrogens with one attached hydrogen (secondary N) is 1. The first-order valence-corrected chi connectivity index (χ1v) is 5.63. The zero-order chi connectivity index (χ0) is 12.0. The number of ketones is 1. The summed E-state index contributed by atoms with van der Waals surface area (Å²) in [5.74, 6) is 0.231. The van der Waals surface area contributed by atoms with Crippen molar-refractivity contribution in [1.29, 1.82) is 0 Å². The SMILES string of the molecule is CC(=O)CCNCC(C)(C)c1ccncc1. The number of carbonyl (C=O) groups is 1. The number of Topliss-reactive ketones (excluding diaryl/α,β-unsaturated/α-hetero) is 1.